The van der Waals surface area contributed by atoms with Crippen LogP contribution in [0.2, 0.25) is 0 Å². The van der Waals surface area contributed by atoms with Crippen molar-refractivity contribution < 1.29 is 18.7 Å². The molecule has 1 atom stereocenters. The maximum absolute atomic E-state index is 13.3. The monoisotopic (exact) mass is 400 g/mol. The fraction of sp³-hybridized carbons (Fsp3) is 0.238. The lowest BCUT2D eigenvalue weighted by molar-refractivity contribution is -0.141. The van der Waals surface area contributed by atoms with Gasteiger partial charge in [-0.3, -0.25) is 9.59 Å². The summed E-state index contributed by atoms with van der Waals surface area (Å²) >= 11 is 1.62. The Balaban J connectivity index is 1.76. The minimum Gasteiger partial charge on any atom is -0.469 e. The fourth-order valence-corrected chi connectivity index (χ4v) is 3.47. The Kier molecular flexibility index (Phi) is 6.36. The van der Waals surface area contributed by atoms with Crippen molar-refractivity contribution in [3.8, 4) is 0 Å². The summed E-state index contributed by atoms with van der Waals surface area (Å²) in [7, 11) is 1.32. The number of fused-ring (bicyclic) bond motifs is 1. The fourth-order valence-electron chi connectivity index (χ4n) is 3.06. The number of carbonyl (C=O) groups excluding carboxylic acids is 2. The standard InChI is InChI=1S/C21H21FN2O3S/c1-27-21(26)11-18(13-3-6-16(28-2)7-4-13)24-20(25)9-14-12-23-19-10-15(22)5-8-17(14)19/h3-8,10,12,18,23H,9,11H2,1-2H3,(H,24,25). The van der Waals surface area contributed by atoms with Crippen LogP contribution in [0.3, 0.4) is 0 Å². The molecule has 0 spiro atoms. The molecule has 0 fully saturated rings. The van der Waals surface area contributed by atoms with Crippen LogP contribution in [0.5, 0.6) is 0 Å². The van der Waals surface area contributed by atoms with E-state index in [9.17, 15) is 14.0 Å². The third-order valence-electron chi connectivity index (χ3n) is 4.53. The molecule has 0 saturated carbocycles. The Morgan fingerprint density at radius 1 is 1.21 bits per heavy atom. The number of carbonyl (C=O) groups is 2. The number of nitrogens with one attached hydrogen (secondary N) is 2. The quantitative estimate of drug-likeness (QED) is 0.465. The average molecular weight is 400 g/mol. The highest BCUT2D eigenvalue weighted by Crippen LogP contribution is 2.23. The number of rotatable bonds is 7. The minimum absolute atomic E-state index is 0.0416. The Morgan fingerprint density at radius 3 is 2.64 bits per heavy atom. The van der Waals surface area contributed by atoms with Gasteiger partial charge in [0.1, 0.15) is 5.82 Å². The third kappa shape index (κ3) is 4.72. The number of hydrogen-bond acceptors (Lipinski definition) is 4. The molecule has 7 heteroatoms. The number of hydrogen-bond donors (Lipinski definition) is 2. The van der Waals surface area contributed by atoms with Gasteiger partial charge < -0.3 is 15.0 Å². The maximum atomic E-state index is 13.3. The molecule has 2 N–H and O–H groups in total. The molecule has 0 aliphatic rings. The van der Waals surface area contributed by atoms with Gasteiger partial charge in [-0.05, 0) is 47.7 Å². The van der Waals surface area contributed by atoms with E-state index in [0.717, 1.165) is 21.4 Å². The molecule has 1 amide bonds. The second-order valence-electron chi connectivity index (χ2n) is 6.35. The number of ether oxygens (including phenoxy) is 1. The first-order valence-electron chi connectivity index (χ1n) is 8.75. The van der Waals surface area contributed by atoms with Crippen LogP contribution in [0.15, 0.2) is 53.6 Å². The highest BCUT2D eigenvalue weighted by molar-refractivity contribution is 7.98. The molecule has 5 nitrogen and oxygen atoms in total. The van der Waals surface area contributed by atoms with Gasteiger partial charge in [0.25, 0.3) is 0 Å². The Hall–Kier alpha value is -2.80. The van der Waals surface area contributed by atoms with Crippen LogP contribution in [-0.2, 0) is 20.7 Å². The topological polar surface area (TPSA) is 71.2 Å². The molecule has 0 saturated heterocycles. The summed E-state index contributed by atoms with van der Waals surface area (Å²) in [6.07, 6.45) is 3.84. The highest BCUT2D eigenvalue weighted by atomic mass is 32.2. The van der Waals surface area contributed by atoms with Crippen LogP contribution in [-0.4, -0.2) is 30.2 Å². The number of esters is 1. The number of thioether (sulfide) groups is 1. The first-order valence-corrected chi connectivity index (χ1v) is 9.98. The number of methoxy groups -OCH3 is 1. The van der Waals surface area contributed by atoms with Crippen molar-refractivity contribution in [1.29, 1.82) is 0 Å². The molecule has 1 aromatic heterocycles. The van der Waals surface area contributed by atoms with Crippen LogP contribution >= 0.6 is 11.8 Å². The van der Waals surface area contributed by atoms with Gasteiger partial charge in [0, 0.05) is 22.0 Å². The van der Waals surface area contributed by atoms with E-state index in [1.807, 2.05) is 30.5 Å². The van der Waals surface area contributed by atoms with E-state index in [0.29, 0.717) is 5.52 Å². The molecule has 0 aliphatic carbocycles. The first-order chi connectivity index (χ1) is 13.5. The predicted molar refractivity (Wildman–Crippen MR) is 108 cm³/mol. The molecular weight excluding hydrogens is 379 g/mol. The van der Waals surface area contributed by atoms with Crippen molar-refractivity contribution in [3.05, 3.63) is 65.6 Å². The van der Waals surface area contributed by atoms with Crippen LogP contribution in [0.1, 0.15) is 23.6 Å². The van der Waals surface area contributed by atoms with Gasteiger partial charge in [-0.1, -0.05) is 12.1 Å². The second kappa shape index (κ2) is 8.93. The molecule has 0 aliphatic heterocycles. The second-order valence-corrected chi connectivity index (χ2v) is 7.23. The number of aromatic amines is 1. The van der Waals surface area contributed by atoms with E-state index >= 15 is 0 Å². The summed E-state index contributed by atoms with van der Waals surface area (Å²) < 4.78 is 18.1. The maximum Gasteiger partial charge on any atom is 0.307 e. The van der Waals surface area contributed by atoms with Crippen LogP contribution in [0, 0.1) is 5.82 Å². The first kappa shape index (κ1) is 19.9. The number of halogens is 1. The summed E-state index contributed by atoms with van der Waals surface area (Å²) in [6, 6.07) is 11.6. The van der Waals surface area contributed by atoms with Crippen LogP contribution in [0.4, 0.5) is 4.39 Å². The third-order valence-corrected chi connectivity index (χ3v) is 5.28. The number of H-pyrrole nitrogens is 1. The summed E-state index contributed by atoms with van der Waals surface area (Å²) in [5, 5.41) is 3.71. The average Bonchev–Trinajstić information content (AvgIpc) is 3.09. The van der Waals surface area contributed by atoms with Crippen molar-refractivity contribution in [1.82, 2.24) is 10.3 Å². The van der Waals surface area contributed by atoms with Gasteiger partial charge in [-0.2, -0.15) is 0 Å². The number of benzene rings is 2. The lowest BCUT2D eigenvalue weighted by atomic mass is 10.0. The van der Waals surface area contributed by atoms with Crippen molar-refractivity contribution in [2.24, 2.45) is 0 Å². The molecule has 28 heavy (non-hydrogen) atoms. The van der Waals surface area contributed by atoms with E-state index in [-0.39, 0.29) is 24.6 Å². The van der Waals surface area contributed by atoms with Gasteiger partial charge in [0.15, 0.2) is 0 Å². The molecule has 0 bridgehead atoms. The van der Waals surface area contributed by atoms with Gasteiger partial charge in [-0.15, -0.1) is 11.8 Å². The number of amides is 1. The summed E-state index contributed by atoms with van der Waals surface area (Å²) in [5.74, 6) is -0.966. The van der Waals surface area contributed by atoms with Crippen molar-refractivity contribution in [2.75, 3.05) is 13.4 Å². The van der Waals surface area contributed by atoms with E-state index in [4.69, 9.17) is 4.74 Å². The molecule has 3 aromatic rings. The smallest absolute Gasteiger partial charge is 0.307 e. The zero-order chi connectivity index (χ0) is 20.1. The van der Waals surface area contributed by atoms with E-state index in [2.05, 4.69) is 10.3 Å². The van der Waals surface area contributed by atoms with Crippen molar-refractivity contribution in [3.63, 3.8) is 0 Å². The van der Waals surface area contributed by atoms with Gasteiger partial charge in [-0.25, -0.2) is 4.39 Å². The molecule has 3 rings (SSSR count). The molecule has 1 unspecified atom stereocenters. The van der Waals surface area contributed by atoms with Crippen molar-refractivity contribution >= 4 is 34.5 Å². The molecule has 2 aromatic carbocycles. The molecule has 146 valence electrons. The SMILES string of the molecule is COC(=O)CC(NC(=O)Cc1c[nH]c2cc(F)ccc12)c1ccc(SC)cc1. The molecule has 0 radical (unpaired) electrons. The predicted octanol–water partition coefficient (Wildman–Crippen LogP) is 3.99. The molecule has 1 heterocycles. The van der Waals surface area contributed by atoms with Crippen molar-refractivity contribution in [2.45, 2.75) is 23.8 Å². The molecular formula is C21H21FN2O3S. The zero-order valence-electron chi connectivity index (χ0n) is 15.6. The van der Waals surface area contributed by atoms with E-state index < -0.39 is 12.0 Å². The Bertz CT molecular complexity index is 985. The zero-order valence-corrected chi connectivity index (χ0v) is 16.4. The van der Waals surface area contributed by atoms with Gasteiger partial charge in [0.05, 0.1) is 26.0 Å². The largest absolute Gasteiger partial charge is 0.469 e. The van der Waals surface area contributed by atoms with E-state index in [1.165, 1.54) is 19.2 Å². The van der Waals surface area contributed by atoms with Crippen LogP contribution in [0.25, 0.3) is 10.9 Å². The van der Waals surface area contributed by atoms with Gasteiger partial charge >= 0.3 is 5.97 Å². The Labute approximate surface area is 166 Å². The summed E-state index contributed by atoms with van der Waals surface area (Å²) in [5.41, 5.74) is 2.24. The number of aromatic nitrogens is 1. The minimum atomic E-state index is -0.487. The lowest BCUT2D eigenvalue weighted by Gasteiger charge is -2.18. The Morgan fingerprint density at radius 2 is 1.96 bits per heavy atom. The summed E-state index contributed by atoms with van der Waals surface area (Å²) in [4.78, 5) is 28.5. The lowest BCUT2D eigenvalue weighted by Crippen LogP contribution is -2.31. The normalized spacial score (nSPS) is 12.0. The van der Waals surface area contributed by atoms with Gasteiger partial charge in [0.2, 0.25) is 5.91 Å². The van der Waals surface area contributed by atoms with E-state index in [1.54, 1.807) is 24.0 Å². The highest BCUT2D eigenvalue weighted by Gasteiger charge is 2.20. The van der Waals surface area contributed by atoms with Crippen LogP contribution < -0.4 is 5.32 Å². The summed E-state index contributed by atoms with van der Waals surface area (Å²) in [6.45, 7) is 0.